The van der Waals surface area contributed by atoms with Gasteiger partial charge in [0.2, 0.25) is 0 Å². The Morgan fingerprint density at radius 1 is 1.21 bits per heavy atom. The molecule has 6 rings (SSSR count). The summed E-state index contributed by atoms with van der Waals surface area (Å²) in [5.74, 6) is -5.27. The molecule has 5 N–H and O–H groups in total. The number of ketones is 1. The molecule has 230 valence electrons. The number of carbonyl (C=O) groups is 3. The molecule has 6 atom stereocenters. The smallest absolute Gasteiger partial charge is 0.428 e. The highest BCUT2D eigenvalue weighted by Crippen LogP contribution is 2.88. The predicted octanol–water partition coefficient (Wildman–Crippen LogP) is 2.12. The third kappa shape index (κ3) is 4.71. The molecule has 0 spiro atoms. The Morgan fingerprint density at radius 3 is 2.40 bits per heavy atom. The molecule has 0 radical (unpaired) electrons. The number of pyridine rings is 1. The maximum atomic E-state index is 14.8. The Bertz CT molecular complexity index is 1680. The number of carboxylic acids is 1. The summed E-state index contributed by atoms with van der Waals surface area (Å²) < 4.78 is 60.5. The Balaban J connectivity index is 1.23. The molecule has 1 aromatic heterocycles. The topological polar surface area (TPSA) is 219 Å². The van der Waals surface area contributed by atoms with Crippen molar-refractivity contribution in [1.82, 2.24) is 10.3 Å². The van der Waals surface area contributed by atoms with Crippen LogP contribution in [0.1, 0.15) is 22.8 Å². The SMILES string of the molecule is CCc1cc2c(nc1N1C[C@@H]3C(NC(=O)OC4(P(=O)(O)O)OP4(=O)O)[C@@H]3C1)N(c1ccc(F)cc1F)CC(C(=O)O)C2=O. The number of aliphatic carboxylic acids is 1. The van der Waals surface area contributed by atoms with E-state index in [9.17, 15) is 52.1 Å². The molecule has 0 bridgehead atoms. The summed E-state index contributed by atoms with van der Waals surface area (Å²) in [6.45, 7) is 2.05. The molecule has 3 fully saturated rings. The number of carboxylic acid groups (broad SMARTS) is 1. The molecule has 4 heterocycles. The van der Waals surface area contributed by atoms with Crippen molar-refractivity contribution in [3.05, 3.63) is 47.0 Å². The summed E-state index contributed by atoms with van der Waals surface area (Å²) in [5.41, 5.74) is 0.435. The molecule has 2 aromatic rings. The van der Waals surface area contributed by atoms with Gasteiger partial charge in [0, 0.05) is 43.6 Å². The van der Waals surface area contributed by atoms with Crippen LogP contribution < -0.4 is 15.1 Å². The monoisotopic (exact) mass is 644 g/mol. The molecule has 19 heteroatoms. The number of ether oxygens (including phenoxy) is 1. The van der Waals surface area contributed by atoms with Crippen LogP contribution in [-0.4, -0.2) is 73.6 Å². The van der Waals surface area contributed by atoms with Gasteiger partial charge in [-0.05, 0) is 30.2 Å². The van der Waals surface area contributed by atoms with Crippen molar-refractivity contribution in [2.24, 2.45) is 17.8 Å². The first-order valence-electron chi connectivity index (χ1n) is 13.0. The van der Waals surface area contributed by atoms with E-state index in [4.69, 9.17) is 0 Å². The fourth-order valence-corrected chi connectivity index (χ4v) is 8.80. The second-order valence-corrected chi connectivity index (χ2v) is 14.5. The number of alkyl carbamates (subject to hydrolysis) is 1. The number of rotatable bonds is 7. The van der Waals surface area contributed by atoms with Gasteiger partial charge >= 0.3 is 32.5 Å². The summed E-state index contributed by atoms with van der Waals surface area (Å²) in [6.07, 6.45) is -0.942. The molecular formula is C24H24F2N4O11P2. The van der Waals surface area contributed by atoms with Crippen LogP contribution in [0.5, 0.6) is 0 Å². The molecule has 43 heavy (non-hydrogen) atoms. The molecule has 4 aliphatic rings. The first kappa shape index (κ1) is 29.6. The number of anilines is 3. The largest absolute Gasteiger partial charge is 0.481 e. The third-order valence-corrected chi connectivity index (χ3v) is 11.9. The summed E-state index contributed by atoms with van der Waals surface area (Å²) in [7, 11) is -10.3. The Morgan fingerprint density at radius 2 is 1.86 bits per heavy atom. The Kier molecular flexibility index (Phi) is 6.73. The second kappa shape index (κ2) is 9.78. The quantitative estimate of drug-likeness (QED) is 0.166. The van der Waals surface area contributed by atoms with Gasteiger partial charge < -0.3 is 39.6 Å². The Hall–Kier alpha value is -3.46. The molecule has 1 aliphatic carbocycles. The van der Waals surface area contributed by atoms with Crippen molar-refractivity contribution < 1.29 is 61.3 Å². The number of benzene rings is 1. The average molecular weight is 644 g/mol. The minimum absolute atomic E-state index is 0.0136. The summed E-state index contributed by atoms with van der Waals surface area (Å²) in [5, 5.41) is 8.88. The molecule has 2 saturated heterocycles. The van der Waals surface area contributed by atoms with Crippen LogP contribution in [0.3, 0.4) is 0 Å². The molecule has 4 unspecified atom stereocenters. The molecular weight excluding hydrogens is 620 g/mol. The lowest BCUT2D eigenvalue weighted by atomic mass is 9.91. The van der Waals surface area contributed by atoms with E-state index in [0.717, 1.165) is 12.1 Å². The van der Waals surface area contributed by atoms with Crippen molar-refractivity contribution in [3.8, 4) is 0 Å². The van der Waals surface area contributed by atoms with E-state index < -0.39 is 68.4 Å². The van der Waals surface area contributed by atoms with Crippen molar-refractivity contribution in [1.29, 1.82) is 0 Å². The fraction of sp³-hybridized carbons (Fsp3) is 0.417. The number of hydrogen-bond acceptors (Lipinski definition) is 10. The number of nitrogens with one attached hydrogen (secondary N) is 1. The van der Waals surface area contributed by atoms with E-state index in [1.807, 2.05) is 4.90 Å². The fourth-order valence-electron chi connectivity index (χ4n) is 5.79. The first-order valence-corrected chi connectivity index (χ1v) is 16.1. The zero-order valence-electron chi connectivity index (χ0n) is 22.1. The van der Waals surface area contributed by atoms with Crippen LogP contribution in [0, 0.1) is 29.4 Å². The molecule has 1 aromatic carbocycles. The molecule has 3 aliphatic heterocycles. The van der Waals surface area contributed by atoms with E-state index in [0.29, 0.717) is 37.0 Å². The number of aryl methyl sites for hydroxylation is 1. The molecule has 1 amide bonds. The predicted molar refractivity (Wildman–Crippen MR) is 141 cm³/mol. The zero-order chi connectivity index (χ0) is 31.2. The lowest BCUT2D eigenvalue weighted by Gasteiger charge is -2.34. The normalized spacial score (nSPS) is 30.9. The number of aromatic nitrogens is 1. The number of Topliss-reactive ketones (excluding diaryl/α,β-unsaturated/α-hetero) is 1. The van der Waals surface area contributed by atoms with Crippen LogP contribution in [0.15, 0.2) is 24.3 Å². The summed E-state index contributed by atoms with van der Waals surface area (Å²) in [6, 6.07) is 3.82. The standard InChI is InChI=1S/C24H24F2N4O11P2/c1-2-10-5-12-19(31)15(22(32)33)9-30(17-4-3-11(25)6-16(17)26)21(12)28-20(10)29-7-13-14(8-29)18(13)27-23(34)40-24(42(35,36)37)41-43(24,38)39/h3-6,13-15,18H,2,7-9H2,1H3,(H,27,34)(H,32,33)(H,38,39)(H2,35,36,37)/t13-,14+,15?,18?,24?. The second-order valence-electron chi connectivity index (χ2n) is 10.7. The number of piperidine rings is 1. The van der Waals surface area contributed by atoms with E-state index >= 15 is 0 Å². The number of carbonyl (C=O) groups excluding carboxylic acids is 2. The maximum absolute atomic E-state index is 14.8. The van der Waals surface area contributed by atoms with Crippen LogP contribution in [0.2, 0.25) is 0 Å². The van der Waals surface area contributed by atoms with Gasteiger partial charge in [-0.15, -0.1) is 0 Å². The summed E-state index contributed by atoms with van der Waals surface area (Å²) in [4.78, 5) is 73.2. The zero-order valence-corrected chi connectivity index (χ0v) is 23.9. The van der Waals surface area contributed by atoms with Gasteiger partial charge in [-0.3, -0.25) is 18.7 Å². The lowest BCUT2D eigenvalue weighted by Crippen LogP contribution is -2.42. The van der Waals surface area contributed by atoms with Gasteiger partial charge in [0.05, 0.1) is 11.3 Å². The van der Waals surface area contributed by atoms with Crippen LogP contribution >= 0.6 is 15.2 Å². The number of halogens is 2. The molecule has 1 saturated carbocycles. The molecule has 15 nitrogen and oxygen atoms in total. The average Bonchev–Trinajstić information content (AvgIpc) is 3.63. The van der Waals surface area contributed by atoms with Gasteiger partial charge in [0.25, 0.3) is 0 Å². The van der Waals surface area contributed by atoms with Crippen LogP contribution in [0.4, 0.5) is 30.9 Å². The van der Waals surface area contributed by atoms with Crippen molar-refractivity contribution >= 4 is 50.4 Å². The minimum Gasteiger partial charge on any atom is -0.481 e. The highest BCUT2D eigenvalue weighted by molar-refractivity contribution is 7.77. The van der Waals surface area contributed by atoms with E-state index in [-0.39, 0.29) is 28.9 Å². The Labute approximate surface area is 241 Å². The van der Waals surface area contributed by atoms with Crippen LogP contribution in [-0.2, 0) is 29.6 Å². The number of amides is 1. The highest BCUT2D eigenvalue weighted by atomic mass is 31.3. The van der Waals surface area contributed by atoms with Gasteiger partial charge in [0.15, 0.2) is 5.78 Å². The van der Waals surface area contributed by atoms with Crippen molar-refractivity contribution in [3.63, 3.8) is 0 Å². The lowest BCUT2D eigenvalue weighted by molar-refractivity contribution is -0.139. The van der Waals surface area contributed by atoms with E-state index in [1.165, 1.54) is 11.0 Å². The first-order chi connectivity index (χ1) is 20.1. The van der Waals surface area contributed by atoms with Crippen molar-refractivity contribution in [2.75, 3.05) is 29.4 Å². The van der Waals surface area contributed by atoms with E-state index in [1.54, 1.807) is 6.92 Å². The van der Waals surface area contributed by atoms with Gasteiger partial charge in [0.1, 0.15) is 29.2 Å². The van der Waals surface area contributed by atoms with Gasteiger partial charge in [-0.25, -0.2) is 23.1 Å². The van der Waals surface area contributed by atoms with Gasteiger partial charge in [-0.2, -0.15) is 0 Å². The number of hydrogen-bond donors (Lipinski definition) is 5. The minimum atomic E-state index is -5.43. The van der Waals surface area contributed by atoms with Crippen LogP contribution in [0.25, 0.3) is 0 Å². The number of nitrogens with zero attached hydrogens (tertiary/aromatic N) is 3. The van der Waals surface area contributed by atoms with Crippen molar-refractivity contribution in [2.45, 2.75) is 24.7 Å². The third-order valence-electron chi connectivity index (χ3n) is 8.08. The summed E-state index contributed by atoms with van der Waals surface area (Å²) >= 11 is 0. The van der Waals surface area contributed by atoms with Gasteiger partial charge in [-0.1, -0.05) is 6.92 Å². The maximum Gasteiger partial charge on any atom is 0.428 e. The van der Waals surface area contributed by atoms with E-state index in [2.05, 4.69) is 19.6 Å². The number of fused-ring (bicyclic) bond motifs is 2. The highest BCUT2D eigenvalue weighted by Gasteiger charge is 2.84.